The number of halogens is 1. The first kappa shape index (κ1) is 12.9. The van der Waals surface area contributed by atoms with Crippen LogP contribution < -0.4 is 0 Å². The molecule has 0 radical (unpaired) electrons. The molecule has 2 amide bonds. The van der Waals surface area contributed by atoms with Crippen molar-refractivity contribution in [1.82, 2.24) is 9.80 Å². The summed E-state index contributed by atoms with van der Waals surface area (Å²) in [6.45, 7) is 1.91. The molecular formula is C12H13BrN2O3. The highest BCUT2D eigenvalue weighted by Gasteiger charge is 2.25. The van der Waals surface area contributed by atoms with Gasteiger partial charge >= 0.3 is 12.0 Å². The predicted octanol–water partition coefficient (Wildman–Crippen LogP) is 2.01. The monoisotopic (exact) mass is 312 g/mol. The number of hydrogen-bond acceptors (Lipinski definition) is 2. The third-order valence-electron chi connectivity index (χ3n) is 2.96. The minimum atomic E-state index is -0.959. The third-order valence-corrected chi connectivity index (χ3v) is 3.70. The Morgan fingerprint density at radius 3 is 2.67 bits per heavy atom. The predicted molar refractivity (Wildman–Crippen MR) is 69.5 cm³/mol. The molecule has 1 aliphatic rings. The molecule has 1 aromatic carbocycles. The molecule has 0 bridgehead atoms. The van der Waals surface area contributed by atoms with Gasteiger partial charge in [0.2, 0.25) is 0 Å². The van der Waals surface area contributed by atoms with E-state index in [9.17, 15) is 9.59 Å². The number of nitrogens with zero attached hydrogens (tertiary/aromatic N) is 2. The van der Waals surface area contributed by atoms with Crippen molar-refractivity contribution in [3.8, 4) is 0 Å². The molecular weight excluding hydrogens is 300 g/mol. The Kier molecular flexibility index (Phi) is 3.56. The number of urea groups is 1. The largest absolute Gasteiger partial charge is 0.478 e. The maximum Gasteiger partial charge on any atom is 0.335 e. The minimum absolute atomic E-state index is 0.00390. The lowest BCUT2D eigenvalue weighted by Gasteiger charge is -2.17. The van der Waals surface area contributed by atoms with Gasteiger partial charge in [-0.25, -0.2) is 9.59 Å². The Morgan fingerprint density at radius 2 is 2.17 bits per heavy atom. The number of amides is 2. The number of carboxylic acid groups (broad SMARTS) is 1. The van der Waals surface area contributed by atoms with Gasteiger partial charge in [0.25, 0.3) is 0 Å². The normalized spacial score (nSPS) is 15.3. The highest BCUT2D eigenvalue weighted by atomic mass is 79.9. The van der Waals surface area contributed by atoms with Crippen LogP contribution in [0.25, 0.3) is 0 Å². The van der Waals surface area contributed by atoms with E-state index in [0.717, 1.165) is 12.1 Å². The van der Waals surface area contributed by atoms with Gasteiger partial charge in [-0.3, -0.25) is 0 Å². The van der Waals surface area contributed by atoms with Crippen molar-refractivity contribution in [2.45, 2.75) is 6.54 Å². The number of rotatable bonds is 3. The average Bonchev–Trinajstić information content (AvgIpc) is 2.63. The fourth-order valence-corrected chi connectivity index (χ4v) is 2.37. The third kappa shape index (κ3) is 2.48. The van der Waals surface area contributed by atoms with E-state index in [4.69, 9.17) is 5.11 Å². The zero-order valence-corrected chi connectivity index (χ0v) is 11.5. The molecule has 0 unspecified atom stereocenters. The maximum absolute atomic E-state index is 11.7. The van der Waals surface area contributed by atoms with E-state index in [1.165, 1.54) is 0 Å². The van der Waals surface area contributed by atoms with Gasteiger partial charge < -0.3 is 14.9 Å². The number of aromatic carboxylic acids is 1. The molecule has 5 nitrogen and oxygen atoms in total. The first-order chi connectivity index (χ1) is 8.49. The van der Waals surface area contributed by atoms with E-state index < -0.39 is 5.97 Å². The van der Waals surface area contributed by atoms with Gasteiger partial charge in [-0.15, -0.1) is 0 Å². The van der Waals surface area contributed by atoms with Crippen LogP contribution in [-0.2, 0) is 6.54 Å². The highest BCUT2D eigenvalue weighted by Crippen LogP contribution is 2.22. The topological polar surface area (TPSA) is 60.9 Å². The standard InChI is InChI=1S/C12H13BrN2O3/c1-14-4-5-15(12(14)18)7-9-3-2-8(11(16)17)6-10(9)13/h2-3,6H,4-5,7H2,1H3,(H,16,17). The van der Waals surface area contributed by atoms with E-state index in [2.05, 4.69) is 15.9 Å². The summed E-state index contributed by atoms with van der Waals surface area (Å²) in [5.74, 6) is -0.959. The van der Waals surface area contributed by atoms with Crippen LogP contribution in [-0.4, -0.2) is 47.0 Å². The highest BCUT2D eigenvalue weighted by molar-refractivity contribution is 9.10. The summed E-state index contributed by atoms with van der Waals surface area (Å²) in [6.07, 6.45) is 0. The van der Waals surface area contributed by atoms with Crippen molar-refractivity contribution >= 4 is 27.9 Å². The number of carbonyl (C=O) groups excluding carboxylic acids is 1. The number of carbonyl (C=O) groups is 2. The Hall–Kier alpha value is -1.56. The molecule has 1 aromatic rings. The molecule has 1 aliphatic heterocycles. The molecule has 18 heavy (non-hydrogen) atoms. The molecule has 6 heteroatoms. The van der Waals surface area contributed by atoms with E-state index in [-0.39, 0.29) is 11.6 Å². The molecule has 0 spiro atoms. The zero-order chi connectivity index (χ0) is 13.3. The second-order valence-corrected chi connectivity index (χ2v) is 5.09. The Balaban J connectivity index is 2.15. The summed E-state index contributed by atoms with van der Waals surface area (Å²) in [5.41, 5.74) is 1.14. The zero-order valence-electron chi connectivity index (χ0n) is 9.89. The second-order valence-electron chi connectivity index (χ2n) is 4.24. The molecule has 1 heterocycles. The van der Waals surface area contributed by atoms with E-state index >= 15 is 0 Å². The molecule has 1 fully saturated rings. The average molecular weight is 313 g/mol. The molecule has 0 aliphatic carbocycles. The van der Waals surface area contributed by atoms with Gasteiger partial charge in [-0.2, -0.15) is 0 Å². The van der Waals surface area contributed by atoms with Gasteiger partial charge in [-0.1, -0.05) is 22.0 Å². The quantitative estimate of drug-likeness (QED) is 0.928. The van der Waals surface area contributed by atoms with Crippen LogP contribution in [0.3, 0.4) is 0 Å². The van der Waals surface area contributed by atoms with Crippen LogP contribution in [0.5, 0.6) is 0 Å². The summed E-state index contributed by atoms with van der Waals surface area (Å²) in [7, 11) is 1.77. The summed E-state index contributed by atoms with van der Waals surface area (Å²) in [5, 5.41) is 8.87. The number of likely N-dealkylation sites (N-methyl/N-ethyl adjacent to an activating group) is 1. The van der Waals surface area contributed by atoms with Crippen LogP contribution in [0.15, 0.2) is 22.7 Å². The van der Waals surface area contributed by atoms with E-state index in [1.54, 1.807) is 35.0 Å². The Bertz CT molecular complexity index is 504. The molecule has 0 saturated carbocycles. The van der Waals surface area contributed by atoms with Gasteiger partial charge in [0.15, 0.2) is 0 Å². The van der Waals surface area contributed by atoms with Crippen molar-refractivity contribution in [2.24, 2.45) is 0 Å². The van der Waals surface area contributed by atoms with Gasteiger partial charge in [0.1, 0.15) is 0 Å². The first-order valence-corrected chi connectivity index (χ1v) is 6.30. The van der Waals surface area contributed by atoms with Crippen LogP contribution in [0, 0.1) is 0 Å². The molecule has 0 atom stereocenters. The van der Waals surface area contributed by atoms with Crippen molar-refractivity contribution < 1.29 is 14.7 Å². The lowest BCUT2D eigenvalue weighted by molar-refractivity contribution is 0.0696. The summed E-state index contributed by atoms with van der Waals surface area (Å²) < 4.78 is 0.713. The van der Waals surface area contributed by atoms with Gasteiger partial charge in [0.05, 0.1) is 5.56 Å². The number of benzene rings is 1. The lowest BCUT2D eigenvalue weighted by atomic mass is 10.1. The van der Waals surface area contributed by atoms with Gasteiger partial charge in [0, 0.05) is 31.2 Å². The molecule has 2 rings (SSSR count). The fourth-order valence-electron chi connectivity index (χ4n) is 1.86. The fraction of sp³-hybridized carbons (Fsp3) is 0.333. The Morgan fingerprint density at radius 1 is 1.44 bits per heavy atom. The van der Waals surface area contributed by atoms with Crippen molar-refractivity contribution in [3.05, 3.63) is 33.8 Å². The van der Waals surface area contributed by atoms with Crippen LogP contribution in [0.4, 0.5) is 4.79 Å². The summed E-state index contributed by atoms with van der Waals surface area (Å²) in [4.78, 5) is 26.0. The van der Waals surface area contributed by atoms with Crippen molar-refractivity contribution in [3.63, 3.8) is 0 Å². The second kappa shape index (κ2) is 4.97. The minimum Gasteiger partial charge on any atom is -0.478 e. The molecule has 1 saturated heterocycles. The van der Waals surface area contributed by atoms with Gasteiger partial charge in [-0.05, 0) is 17.7 Å². The van der Waals surface area contributed by atoms with Crippen molar-refractivity contribution in [2.75, 3.05) is 20.1 Å². The van der Waals surface area contributed by atoms with Crippen LogP contribution in [0.1, 0.15) is 15.9 Å². The summed E-state index contributed by atoms with van der Waals surface area (Å²) >= 11 is 3.34. The SMILES string of the molecule is CN1CCN(Cc2ccc(C(=O)O)cc2Br)C1=O. The van der Waals surface area contributed by atoms with Crippen molar-refractivity contribution in [1.29, 1.82) is 0 Å². The maximum atomic E-state index is 11.7. The first-order valence-electron chi connectivity index (χ1n) is 5.51. The van der Waals surface area contributed by atoms with Crippen LogP contribution >= 0.6 is 15.9 Å². The Labute approximate surface area is 113 Å². The molecule has 0 aromatic heterocycles. The smallest absolute Gasteiger partial charge is 0.335 e. The number of carboxylic acids is 1. The molecule has 96 valence electrons. The number of hydrogen-bond donors (Lipinski definition) is 1. The van der Waals surface area contributed by atoms with E-state index in [0.29, 0.717) is 17.6 Å². The van der Waals surface area contributed by atoms with E-state index in [1.807, 2.05) is 0 Å². The van der Waals surface area contributed by atoms with Crippen LogP contribution in [0.2, 0.25) is 0 Å². The summed E-state index contributed by atoms with van der Waals surface area (Å²) in [6, 6.07) is 4.84. The lowest BCUT2D eigenvalue weighted by Crippen LogP contribution is -2.29. The molecule has 1 N–H and O–H groups in total.